The van der Waals surface area contributed by atoms with E-state index >= 15 is 0 Å². The number of amides is 1. The van der Waals surface area contributed by atoms with Gasteiger partial charge in [0.25, 0.3) is 0 Å². The Balaban J connectivity index is 1.68. The van der Waals surface area contributed by atoms with Crippen LogP contribution in [-0.4, -0.2) is 46.8 Å². The van der Waals surface area contributed by atoms with Crippen molar-refractivity contribution in [3.8, 4) is 5.75 Å². The van der Waals surface area contributed by atoms with Crippen molar-refractivity contribution >= 4 is 23.6 Å². The zero-order valence-electron chi connectivity index (χ0n) is 13.8. The molecule has 1 amide bonds. The van der Waals surface area contributed by atoms with Crippen molar-refractivity contribution < 1.29 is 19.4 Å². The summed E-state index contributed by atoms with van der Waals surface area (Å²) < 4.78 is 5.19. The fourth-order valence-electron chi connectivity index (χ4n) is 3.95. The van der Waals surface area contributed by atoms with Gasteiger partial charge in [0.2, 0.25) is 5.91 Å². The van der Waals surface area contributed by atoms with Crippen LogP contribution in [-0.2, 0) is 9.59 Å². The Morgan fingerprint density at radius 2 is 2.12 bits per heavy atom. The molecule has 3 rings (SSSR count). The van der Waals surface area contributed by atoms with Gasteiger partial charge in [0.15, 0.2) is 0 Å². The summed E-state index contributed by atoms with van der Waals surface area (Å²) in [5.74, 6) is 0.434. The molecule has 3 atom stereocenters. The lowest BCUT2D eigenvalue weighted by Gasteiger charge is -2.33. The summed E-state index contributed by atoms with van der Waals surface area (Å²) in [6, 6.07) is 7.02. The van der Waals surface area contributed by atoms with Crippen LogP contribution >= 0.6 is 11.8 Å². The van der Waals surface area contributed by atoms with Gasteiger partial charge in [0.1, 0.15) is 11.8 Å². The summed E-state index contributed by atoms with van der Waals surface area (Å²) in [5.41, 5.74) is 0. The van der Waals surface area contributed by atoms with Crippen LogP contribution in [0.25, 0.3) is 0 Å². The zero-order valence-corrected chi connectivity index (χ0v) is 14.6. The molecule has 0 radical (unpaired) electrons. The smallest absolute Gasteiger partial charge is 0.326 e. The van der Waals surface area contributed by atoms with Crippen molar-refractivity contribution in [2.45, 2.75) is 49.1 Å². The summed E-state index contributed by atoms with van der Waals surface area (Å²) in [6.45, 7) is 0. The number of carbonyl (C=O) groups is 2. The van der Waals surface area contributed by atoms with Gasteiger partial charge in [-0.3, -0.25) is 4.79 Å². The van der Waals surface area contributed by atoms with Crippen LogP contribution in [0.1, 0.15) is 32.1 Å². The van der Waals surface area contributed by atoms with Gasteiger partial charge in [0, 0.05) is 10.9 Å². The van der Waals surface area contributed by atoms with E-state index in [1.54, 1.807) is 12.0 Å². The minimum Gasteiger partial charge on any atom is -0.497 e. The van der Waals surface area contributed by atoms with E-state index in [9.17, 15) is 14.7 Å². The summed E-state index contributed by atoms with van der Waals surface area (Å²) in [4.78, 5) is 27.0. The summed E-state index contributed by atoms with van der Waals surface area (Å²) in [7, 11) is 1.61. The Kier molecular flexibility index (Phi) is 5.33. The fraction of sp³-hybridized carbons (Fsp3) is 0.556. The van der Waals surface area contributed by atoms with Crippen LogP contribution in [0.4, 0.5) is 0 Å². The van der Waals surface area contributed by atoms with Crippen molar-refractivity contribution in [1.82, 2.24) is 4.90 Å². The predicted octanol–water partition coefficient (Wildman–Crippen LogP) is 3.03. The Labute approximate surface area is 146 Å². The molecule has 3 unspecified atom stereocenters. The van der Waals surface area contributed by atoms with E-state index in [1.807, 2.05) is 24.3 Å². The quantitative estimate of drug-likeness (QED) is 0.828. The van der Waals surface area contributed by atoms with Gasteiger partial charge in [-0.1, -0.05) is 18.9 Å². The number of likely N-dealkylation sites (tertiary alicyclic amines) is 1. The van der Waals surface area contributed by atoms with Crippen molar-refractivity contribution in [3.63, 3.8) is 0 Å². The molecule has 6 heteroatoms. The van der Waals surface area contributed by atoms with Gasteiger partial charge >= 0.3 is 5.97 Å². The molecule has 1 heterocycles. The Morgan fingerprint density at radius 1 is 1.33 bits per heavy atom. The van der Waals surface area contributed by atoms with Gasteiger partial charge in [-0.2, -0.15) is 0 Å². The third-order valence-corrected chi connectivity index (χ3v) is 6.04. The average molecular weight is 349 g/mol. The minimum atomic E-state index is -0.871. The lowest BCUT2D eigenvalue weighted by molar-refractivity contribution is -0.148. The number of ether oxygens (including phenoxy) is 1. The Morgan fingerprint density at radius 3 is 2.88 bits per heavy atom. The molecule has 1 N–H and O–H groups in total. The highest BCUT2D eigenvalue weighted by atomic mass is 32.2. The van der Waals surface area contributed by atoms with E-state index in [-0.39, 0.29) is 17.7 Å². The second kappa shape index (κ2) is 7.47. The van der Waals surface area contributed by atoms with Crippen LogP contribution in [0.15, 0.2) is 29.2 Å². The molecule has 0 aromatic heterocycles. The molecule has 1 saturated heterocycles. The molecule has 1 aliphatic carbocycles. The van der Waals surface area contributed by atoms with Gasteiger partial charge in [-0.15, -0.1) is 11.8 Å². The van der Waals surface area contributed by atoms with Crippen LogP contribution in [0.3, 0.4) is 0 Å². The molecule has 2 fully saturated rings. The highest BCUT2D eigenvalue weighted by Crippen LogP contribution is 2.40. The number of thioether (sulfide) groups is 1. The molecule has 1 saturated carbocycles. The van der Waals surface area contributed by atoms with Gasteiger partial charge in [-0.05, 0) is 43.4 Å². The Bertz CT molecular complexity index is 621. The lowest BCUT2D eigenvalue weighted by Crippen LogP contribution is -2.47. The number of aliphatic carboxylic acids is 1. The maximum absolute atomic E-state index is 12.8. The van der Waals surface area contributed by atoms with Crippen molar-refractivity contribution in [2.24, 2.45) is 5.92 Å². The monoisotopic (exact) mass is 349 g/mol. The largest absolute Gasteiger partial charge is 0.497 e. The summed E-state index contributed by atoms with van der Waals surface area (Å²) >= 11 is 1.43. The van der Waals surface area contributed by atoms with Crippen molar-refractivity contribution in [3.05, 3.63) is 24.3 Å². The van der Waals surface area contributed by atoms with Gasteiger partial charge < -0.3 is 14.7 Å². The molecular weight excluding hydrogens is 326 g/mol. The van der Waals surface area contributed by atoms with Crippen molar-refractivity contribution in [2.75, 3.05) is 12.9 Å². The molecular formula is C18H23NO4S. The number of benzene rings is 1. The average Bonchev–Trinajstić information content (AvgIpc) is 3.00. The molecule has 24 heavy (non-hydrogen) atoms. The first-order valence-electron chi connectivity index (χ1n) is 8.41. The first-order valence-corrected chi connectivity index (χ1v) is 9.39. The van der Waals surface area contributed by atoms with E-state index < -0.39 is 12.0 Å². The lowest BCUT2D eigenvalue weighted by atomic mass is 9.85. The van der Waals surface area contributed by atoms with E-state index in [4.69, 9.17) is 4.74 Å². The van der Waals surface area contributed by atoms with E-state index in [0.717, 1.165) is 36.3 Å². The minimum absolute atomic E-state index is 0.0652. The number of hydrogen-bond acceptors (Lipinski definition) is 4. The number of nitrogens with zero attached hydrogens (tertiary/aromatic N) is 1. The number of methoxy groups -OCH3 is 1. The second-order valence-electron chi connectivity index (χ2n) is 6.47. The van der Waals surface area contributed by atoms with E-state index in [1.165, 1.54) is 11.8 Å². The highest BCUT2D eigenvalue weighted by molar-refractivity contribution is 8.00. The third kappa shape index (κ3) is 3.53. The van der Waals surface area contributed by atoms with Crippen molar-refractivity contribution in [1.29, 1.82) is 0 Å². The molecule has 0 bridgehead atoms. The zero-order chi connectivity index (χ0) is 17.1. The second-order valence-corrected chi connectivity index (χ2v) is 7.52. The van der Waals surface area contributed by atoms with Crippen LogP contribution < -0.4 is 4.74 Å². The molecule has 130 valence electrons. The SMILES string of the molecule is COc1cccc(SCC(=O)N2C(C(=O)O)CC3CCCCC32)c1. The number of carboxylic acids is 1. The molecule has 1 aromatic rings. The summed E-state index contributed by atoms with van der Waals surface area (Å²) in [6.07, 6.45) is 4.81. The molecule has 1 aliphatic heterocycles. The van der Waals surface area contributed by atoms with Gasteiger partial charge in [0.05, 0.1) is 12.9 Å². The maximum atomic E-state index is 12.8. The maximum Gasteiger partial charge on any atom is 0.326 e. The van der Waals surface area contributed by atoms with Gasteiger partial charge in [-0.25, -0.2) is 4.79 Å². The molecule has 1 aromatic carbocycles. The third-order valence-electron chi connectivity index (χ3n) is 5.06. The summed E-state index contributed by atoms with van der Waals surface area (Å²) in [5, 5.41) is 9.52. The first kappa shape index (κ1) is 17.1. The normalized spacial score (nSPS) is 26.0. The van der Waals surface area contributed by atoms with E-state index in [2.05, 4.69) is 0 Å². The molecule has 5 nitrogen and oxygen atoms in total. The highest BCUT2D eigenvalue weighted by Gasteiger charge is 2.47. The number of hydrogen-bond donors (Lipinski definition) is 1. The van der Waals surface area contributed by atoms with Crippen LogP contribution in [0.2, 0.25) is 0 Å². The van der Waals surface area contributed by atoms with Crippen LogP contribution in [0, 0.1) is 5.92 Å². The number of fused-ring (bicyclic) bond motifs is 1. The predicted molar refractivity (Wildman–Crippen MR) is 92.4 cm³/mol. The fourth-order valence-corrected chi connectivity index (χ4v) is 4.76. The number of rotatable bonds is 5. The van der Waals surface area contributed by atoms with Crippen LogP contribution in [0.5, 0.6) is 5.75 Å². The first-order chi connectivity index (χ1) is 11.6. The molecule has 0 spiro atoms. The topological polar surface area (TPSA) is 66.8 Å². The standard InChI is InChI=1S/C18H23NO4S/c1-23-13-6-4-7-14(10-13)24-11-17(20)19-15-8-3-2-5-12(15)9-16(19)18(21)22/h4,6-7,10,12,15-16H,2-3,5,8-9,11H2,1H3,(H,21,22). The number of carboxylic acid groups (broad SMARTS) is 1. The van der Waals surface area contributed by atoms with E-state index in [0.29, 0.717) is 12.3 Å². The molecule has 2 aliphatic rings. The number of carbonyl (C=O) groups excluding carboxylic acids is 1. The Hall–Kier alpha value is -1.69.